The molecular weight excluding hydrogens is 361 g/mol. The maximum atomic E-state index is 12.0. The molecule has 0 spiro atoms. The third-order valence-electron chi connectivity index (χ3n) is 2.96. The number of amides is 1. The molecule has 0 bridgehead atoms. The molecule has 2 rings (SSSR count). The third-order valence-corrected chi connectivity index (χ3v) is 4.98. The first-order valence-electron chi connectivity index (χ1n) is 6.63. The molecule has 0 aliphatic carbocycles. The molecule has 116 valence electrons. The minimum atomic E-state index is -0.165. The van der Waals surface area contributed by atoms with E-state index in [-0.39, 0.29) is 5.91 Å². The van der Waals surface area contributed by atoms with Crippen LogP contribution in [0.4, 0.5) is 0 Å². The number of nitrogens with one attached hydrogen (secondary N) is 1. The van der Waals surface area contributed by atoms with E-state index in [9.17, 15) is 4.79 Å². The number of hydrogen-bond acceptors (Lipinski definition) is 2. The average Bonchev–Trinajstić information content (AvgIpc) is 2.49. The van der Waals surface area contributed by atoms with Gasteiger partial charge in [0.2, 0.25) is 0 Å². The molecule has 0 atom stereocenters. The zero-order chi connectivity index (χ0) is 15.9. The van der Waals surface area contributed by atoms with Crippen molar-refractivity contribution in [2.24, 2.45) is 0 Å². The van der Waals surface area contributed by atoms with Gasteiger partial charge in [0.1, 0.15) is 0 Å². The molecule has 2 aromatic rings. The van der Waals surface area contributed by atoms with E-state index in [4.69, 9.17) is 34.8 Å². The van der Waals surface area contributed by atoms with Crippen molar-refractivity contribution >= 4 is 52.5 Å². The summed E-state index contributed by atoms with van der Waals surface area (Å²) >= 11 is 19.9. The second-order valence-corrected chi connectivity index (χ2v) is 6.82. The number of thioether (sulfide) groups is 1. The first kappa shape index (κ1) is 17.5. The van der Waals surface area contributed by atoms with Crippen molar-refractivity contribution in [3.63, 3.8) is 0 Å². The van der Waals surface area contributed by atoms with Gasteiger partial charge in [0.05, 0.1) is 10.6 Å². The molecule has 22 heavy (non-hydrogen) atoms. The molecule has 1 N–H and O–H groups in total. The fourth-order valence-electron chi connectivity index (χ4n) is 1.82. The van der Waals surface area contributed by atoms with Gasteiger partial charge in [0, 0.05) is 28.1 Å². The first-order chi connectivity index (χ1) is 10.6. The normalized spacial score (nSPS) is 10.5. The van der Waals surface area contributed by atoms with Crippen LogP contribution in [0.2, 0.25) is 15.1 Å². The Morgan fingerprint density at radius 1 is 0.955 bits per heavy atom. The molecule has 0 saturated heterocycles. The van der Waals surface area contributed by atoms with E-state index < -0.39 is 0 Å². The SMILES string of the molecule is O=C(NCCSCc1c(Cl)cccc1Cl)c1ccccc1Cl. The lowest BCUT2D eigenvalue weighted by atomic mass is 10.2. The van der Waals surface area contributed by atoms with Gasteiger partial charge in [0.25, 0.3) is 5.91 Å². The van der Waals surface area contributed by atoms with Crippen molar-refractivity contribution in [3.8, 4) is 0 Å². The van der Waals surface area contributed by atoms with Gasteiger partial charge in [0.15, 0.2) is 0 Å². The Bertz CT molecular complexity index is 643. The fraction of sp³-hybridized carbons (Fsp3) is 0.188. The number of carbonyl (C=O) groups is 1. The number of halogens is 3. The smallest absolute Gasteiger partial charge is 0.252 e. The zero-order valence-electron chi connectivity index (χ0n) is 11.6. The molecule has 2 aromatic carbocycles. The predicted octanol–water partition coefficient (Wildman–Crippen LogP) is 5.31. The zero-order valence-corrected chi connectivity index (χ0v) is 14.7. The van der Waals surface area contributed by atoms with Crippen molar-refractivity contribution in [1.29, 1.82) is 0 Å². The van der Waals surface area contributed by atoms with Gasteiger partial charge in [-0.25, -0.2) is 0 Å². The quantitative estimate of drug-likeness (QED) is 0.694. The summed E-state index contributed by atoms with van der Waals surface area (Å²) in [6.07, 6.45) is 0. The van der Waals surface area contributed by atoms with Crippen LogP contribution in [0.15, 0.2) is 42.5 Å². The highest BCUT2D eigenvalue weighted by molar-refractivity contribution is 7.98. The highest BCUT2D eigenvalue weighted by atomic mass is 35.5. The molecule has 0 saturated carbocycles. The Labute approximate surface area is 149 Å². The monoisotopic (exact) mass is 373 g/mol. The van der Waals surface area contributed by atoms with E-state index in [1.54, 1.807) is 36.0 Å². The Morgan fingerprint density at radius 2 is 1.59 bits per heavy atom. The molecule has 0 fully saturated rings. The van der Waals surface area contributed by atoms with Crippen LogP contribution in [0.5, 0.6) is 0 Å². The fourth-order valence-corrected chi connectivity index (χ4v) is 3.64. The molecule has 0 aromatic heterocycles. The summed E-state index contributed by atoms with van der Waals surface area (Å²) in [7, 11) is 0. The number of rotatable bonds is 6. The topological polar surface area (TPSA) is 29.1 Å². The Morgan fingerprint density at radius 3 is 2.27 bits per heavy atom. The maximum absolute atomic E-state index is 12.0. The molecule has 1 amide bonds. The molecule has 0 aliphatic heterocycles. The summed E-state index contributed by atoms with van der Waals surface area (Å²) in [5.41, 5.74) is 1.41. The van der Waals surface area contributed by atoms with Crippen molar-refractivity contribution in [2.45, 2.75) is 5.75 Å². The number of benzene rings is 2. The van der Waals surface area contributed by atoms with Crippen LogP contribution in [-0.2, 0) is 5.75 Å². The van der Waals surface area contributed by atoms with E-state index in [0.29, 0.717) is 32.9 Å². The van der Waals surface area contributed by atoms with Gasteiger partial charge < -0.3 is 5.32 Å². The lowest BCUT2D eigenvalue weighted by Crippen LogP contribution is -2.26. The van der Waals surface area contributed by atoms with Crippen molar-refractivity contribution < 1.29 is 4.79 Å². The summed E-state index contributed by atoms with van der Waals surface area (Å²) < 4.78 is 0. The summed E-state index contributed by atoms with van der Waals surface area (Å²) in [6, 6.07) is 12.4. The summed E-state index contributed by atoms with van der Waals surface area (Å²) in [4.78, 5) is 12.0. The molecule has 6 heteroatoms. The van der Waals surface area contributed by atoms with Crippen molar-refractivity contribution in [2.75, 3.05) is 12.3 Å². The van der Waals surface area contributed by atoms with Gasteiger partial charge in [-0.1, -0.05) is 53.0 Å². The maximum Gasteiger partial charge on any atom is 0.252 e. The van der Waals surface area contributed by atoms with Crippen LogP contribution in [0.25, 0.3) is 0 Å². The van der Waals surface area contributed by atoms with E-state index in [2.05, 4.69) is 5.32 Å². The second-order valence-electron chi connectivity index (χ2n) is 4.49. The van der Waals surface area contributed by atoms with Crippen LogP contribution in [0.1, 0.15) is 15.9 Å². The summed E-state index contributed by atoms with van der Waals surface area (Å²) in [6.45, 7) is 0.552. The van der Waals surface area contributed by atoms with E-state index in [1.165, 1.54) is 0 Å². The molecule has 0 unspecified atom stereocenters. The highest BCUT2D eigenvalue weighted by Crippen LogP contribution is 2.28. The van der Waals surface area contributed by atoms with Gasteiger partial charge in [-0.2, -0.15) is 11.8 Å². The lowest BCUT2D eigenvalue weighted by molar-refractivity contribution is 0.0956. The van der Waals surface area contributed by atoms with E-state index >= 15 is 0 Å². The standard InChI is InChI=1S/C16H14Cl3NOS/c17-13-5-2-1-4-11(13)16(21)20-8-9-22-10-12-14(18)6-3-7-15(12)19/h1-7H,8-10H2,(H,20,21). The van der Waals surface area contributed by atoms with Crippen LogP contribution >= 0.6 is 46.6 Å². The lowest BCUT2D eigenvalue weighted by Gasteiger charge is -2.08. The Hall–Kier alpha value is -0.870. The number of carbonyl (C=O) groups excluding carboxylic acids is 1. The first-order valence-corrected chi connectivity index (χ1v) is 8.92. The summed E-state index contributed by atoms with van der Waals surface area (Å²) in [5, 5.41) is 4.63. The number of hydrogen-bond donors (Lipinski definition) is 1. The minimum absolute atomic E-state index is 0.165. The molecular formula is C16H14Cl3NOS. The minimum Gasteiger partial charge on any atom is -0.351 e. The van der Waals surface area contributed by atoms with Crippen molar-refractivity contribution in [3.05, 3.63) is 68.7 Å². The van der Waals surface area contributed by atoms with Gasteiger partial charge >= 0.3 is 0 Å². The molecule has 0 radical (unpaired) electrons. The van der Waals surface area contributed by atoms with Crippen LogP contribution in [0.3, 0.4) is 0 Å². The average molecular weight is 375 g/mol. The molecule has 2 nitrogen and oxygen atoms in total. The predicted molar refractivity (Wildman–Crippen MR) is 96.4 cm³/mol. The third kappa shape index (κ3) is 4.82. The molecule has 0 heterocycles. The Kier molecular flexibility index (Phi) is 6.90. The van der Waals surface area contributed by atoms with Crippen LogP contribution in [-0.4, -0.2) is 18.2 Å². The van der Waals surface area contributed by atoms with Crippen LogP contribution < -0.4 is 5.32 Å². The second kappa shape index (κ2) is 8.68. The summed E-state index contributed by atoms with van der Waals surface area (Å²) in [5.74, 6) is 1.31. The largest absolute Gasteiger partial charge is 0.351 e. The van der Waals surface area contributed by atoms with Gasteiger partial charge in [-0.3, -0.25) is 4.79 Å². The van der Waals surface area contributed by atoms with E-state index in [1.807, 2.05) is 18.2 Å². The van der Waals surface area contributed by atoms with Crippen molar-refractivity contribution in [1.82, 2.24) is 5.32 Å². The van der Waals surface area contributed by atoms with E-state index in [0.717, 1.165) is 11.3 Å². The highest BCUT2D eigenvalue weighted by Gasteiger charge is 2.09. The Balaban J connectivity index is 1.76. The molecule has 0 aliphatic rings. The van der Waals surface area contributed by atoms with Gasteiger partial charge in [-0.15, -0.1) is 0 Å². The van der Waals surface area contributed by atoms with Gasteiger partial charge in [-0.05, 0) is 29.8 Å². The van der Waals surface area contributed by atoms with Crippen LogP contribution in [0, 0.1) is 0 Å².